The molecule has 0 aliphatic carbocycles. The fourth-order valence-electron chi connectivity index (χ4n) is 1.75. The molecular weight excluding hydrogens is 355 g/mol. The summed E-state index contributed by atoms with van der Waals surface area (Å²) in [5.74, 6) is -0.233. The van der Waals surface area contributed by atoms with Crippen LogP contribution in [0, 0.1) is 5.82 Å². The third kappa shape index (κ3) is 4.78. The molecule has 3 nitrogen and oxygen atoms in total. The second-order valence-corrected chi connectivity index (χ2v) is 6.14. The number of ether oxygens (including phenoxy) is 1. The van der Waals surface area contributed by atoms with Crippen LogP contribution in [-0.4, -0.2) is 25.2 Å². The van der Waals surface area contributed by atoms with E-state index in [1.165, 1.54) is 17.8 Å². The van der Waals surface area contributed by atoms with Gasteiger partial charge in [0.25, 0.3) is 0 Å². The fourth-order valence-corrected chi connectivity index (χ4v) is 3.15. The van der Waals surface area contributed by atoms with Crippen molar-refractivity contribution in [3.8, 4) is 0 Å². The summed E-state index contributed by atoms with van der Waals surface area (Å²) in [6, 6.07) is 8.84. The van der Waals surface area contributed by atoms with Crippen LogP contribution in [0.1, 0.15) is 5.56 Å². The molecule has 0 fully saturated rings. The SMILES string of the molecule is COCCNCc1cccc(F)c1Sc1ncccc1Br. The smallest absolute Gasteiger partial charge is 0.137 e. The highest BCUT2D eigenvalue weighted by Crippen LogP contribution is 2.35. The summed E-state index contributed by atoms with van der Waals surface area (Å²) in [6.07, 6.45) is 1.70. The van der Waals surface area contributed by atoms with Crippen molar-refractivity contribution in [1.29, 1.82) is 0 Å². The molecule has 0 atom stereocenters. The highest BCUT2D eigenvalue weighted by Gasteiger charge is 2.12. The van der Waals surface area contributed by atoms with Gasteiger partial charge in [-0.05, 0) is 39.7 Å². The number of rotatable bonds is 7. The van der Waals surface area contributed by atoms with Crippen LogP contribution < -0.4 is 5.32 Å². The molecule has 0 aliphatic heterocycles. The molecule has 0 radical (unpaired) electrons. The summed E-state index contributed by atoms with van der Waals surface area (Å²) in [6.45, 7) is 1.95. The molecule has 112 valence electrons. The topological polar surface area (TPSA) is 34.1 Å². The lowest BCUT2D eigenvalue weighted by Gasteiger charge is -2.11. The van der Waals surface area contributed by atoms with Gasteiger partial charge < -0.3 is 10.1 Å². The summed E-state index contributed by atoms with van der Waals surface area (Å²) in [7, 11) is 1.66. The Labute approximate surface area is 136 Å². The van der Waals surface area contributed by atoms with Crippen molar-refractivity contribution >= 4 is 27.7 Å². The van der Waals surface area contributed by atoms with E-state index in [9.17, 15) is 4.39 Å². The molecule has 1 N–H and O–H groups in total. The van der Waals surface area contributed by atoms with Crippen LogP contribution in [0.4, 0.5) is 4.39 Å². The van der Waals surface area contributed by atoms with Crippen LogP contribution in [0.25, 0.3) is 0 Å². The molecule has 21 heavy (non-hydrogen) atoms. The Morgan fingerprint density at radius 3 is 2.95 bits per heavy atom. The first-order chi connectivity index (χ1) is 10.2. The van der Waals surface area contributed by atoms with Crippen molar-refractivity contribution in [1.82, 2.24) is 10.3 Å². The van der Waals surface area contributed by atoms with Gasteiger partial charge in [-0.1, -0.05) is 23.9 Å². The highest BCUT2D eigenvalue weighted by molar-refractivity contribution is 9.10. The Morgan fingerprint density at radius 1 is 1.33 bits per heavy atom. The second kappa shape index (κ2) is 8.48. The van der Waals surface area contributed by atoms with E-state index in [1.54, 1.807) is 19.4 Å². The van der Waals surface area contributed by atoms with Crippen LogP contribution in [0.15, 0.2) is 50.9 Å². The van der Waals surface area contributed by atoms with Crippen molar-refractivity contribution < 1.29 is 9.13 Å². The van der Waals surface area contributed by atoms with E-state index in [0.29, 0.717) is 18.0 Å². The highest BCUT2D eigenvalue weighted by atomic mass is 79.9. The third-order valence-electron chi connectivity index (χ3n) is 2.77. The molecule has 1 aromatic carbocycles. The predicted octanol–water partition coefficient (Wildman–Crippen LogP) is 3.87. The molecule has 6 heteroatoms. The number of pyridine rings is 1. The Balaban J connectivity index is 2.16. The van der Waals surface area contributed by atoms with Crippen LogP contribution >= 0.6 is 27.7 Å². The Hall–Kier alpha value is -0.950. The zero-order valence-electron chi connectivity index (χ0n) is 11.6. The summed E-state index contributed by atoms with van der Waals surface area (Å²) in [5.41, 5.74) is 0.911. The van der Waals surface area contributed by atoms with Crippen molar-refractivity contribution in [3.63, 3.8) is 0 Å². The summed E-state index contributed by atoms with van der Waals surface area (Å²) in [5, 5.41) is 3.98. The molecule has 0 aliphatic rings. The van der Waals surface area contributed by atoms with E-state index >= 15 is 0 Å². The molecular formula is C15H16BrFN2OS. The van der Waals surface area contributed by atoms with Crippen molar-refractivity contribution in [2.75, 3.05) is 20.3 Å². The minimum Gasteiger partial charge on any atom is -0.383 e. The normalized spacial score (nSPS) is 10.8. The van der Waals surface area contributed by atoms with E-state index < -0.39 is 0 Å². The fraction of sp³-hybridized carbons (Fsp3) is 0.267. The molecule has 1 heterocycles. The zero-order chi connectivity index (χ0) is 15.1. The monoisotopic (exact) mass is 370 g/mol. The van der Waals surface area contributed by atoms with Crippen LogP contribution in [0.3, 0.4) is 0 Å². The Bertz CT molecular complexity index is 598. The largest absolute Gasteiger partial charge is 0.383 e. The number of hydrogen-bond acceptors (Lipinski definition) is 4. The van der Waals surface area contributed by atoms with Gasteiger partial charge in [0.05, 0.1) is 16.0 Å². The predicted molar refractivity (Wildman–Crippen MR) is 86.0 cm³/mol. The third-order valence-corrected chi connectivity index (χ3v) is 4.85. The number of halogens is 2. The molecule has 1 aromatic heterocycles. The van der Waals surface area contributed by atoms with Gasteiger partial charge >= 0.3 is 0 Å². The van der Waals surface area contributed by atoms with Gasteiger partial charge in [-0.2, -0.15) is 0 Å². The summed E-state index contributed by atoms with van der Waals surface area (Å²) < 4.78 is 20.0. The van der Waals surface area contributed by atoms with E-state index in [1.807, 2.05) is 18.2 Å². The first kappa shape index (κ1) is 16.4. The summed E-state index contributed by atoms with van der Waals surface area (Å²) in [4.78, 5) is 4.87. The Morgan fingerprint density at radius 2 is 2.19 bits per heavy atom. The number of benzene rings is 1. The van der Waals surface area contributed by atoms with Gasteiger partial charge in [-0.3, -0.25) is 0 Å². The molecule has 0 spiro atoms. The number of methoxy groups -OCH3 is 1. The quantitative estimate of drug-likeness (QED) is 0.750. The number of hydrogen-bond donors (Lipinski definition) is 1. The van der Waals surface area contributed by atoms with Crippen molar-refractivity contribution in [3.05, 3.63) is 52.4 Å². The lowest BCUT2D eigenvalue weighted by molar-refractivity contribution is 0.199. The van der Waals surface area contributed by atoms with Crippen molar-refractivity contribution in [2.45, 2.75) is 16.5 Å². The summed E-state index contributed by atoms with van der Waals surface area (Å²) >= 11 is 4.77. The van der Waals surface area contributed by atoms with Crippen LogP contribution in [0.2, 0.25) is 0 Å². The average Bonchev–Trinajstić information content (AvgIpc) is 2.49. The van der Waals surface area contributed by atoms with Gasteiger partial charge in [-0.15, -0.1) is 0 Å². The minimum atomic E-state index is -0.233. The molecule has 0 unspecified atom stereocenters. The lowest BCUT2D eigenvalue weighted by atomic mass is 10.2. The molecule has 0 bridgehead atoms. The minimum absolute atomic E-state index is 0.233. The van der Waals surface area contributed by atoms with Gasteiger partial charge in [0.2, 0.25) is 0 Å². The molecule has 2 aromatic rings. The maximum atomic E-state index is 14.1. The maximum absolute atomic E-state index is 14.1. The van der Waals surface area contributed by atoms with Crippen LogP contribution in [0.5, 0.6) is 0 Å². The van der Waals surface area contributed by atoms with Gasteiger partial charge in [0.15, 0.2) is 0 Å². The lowest BCUT2D eigenvalue weighted by Crippen LogP contribution is -2.19. The first-order valence-electron chi connectivity index (χ1n) is 6.47. The first-order valence-corrected chi connectivity index (χ1v) is 8.08. The standard InChI is InChI=1S/C15H16BrFN2OS/c1-20-9-8-18-10-11-4-2-6-13(17)14(11)21-15-12(16)5-3-7-19-15/h2-7,18H,8-10H2,1H3. The average molecular weight is 371 g/mol. The number of aromatic nitrogens is 1. The van der Waals surface area contributed by atoms with Crippen molar-refractivity contribution in [2.24, 2.45) is 0 Å². The van der Waals surface area contributed by atoms with Gasteiger partial charge in [0, 0.05) is 26.4 Å². The molecule has 0 saturated carbocycles. The molecule has 0 amide bonds. The van der Waals surface area contributed by atoms with E-state index in [-0.39, 0.29) is 5.82 Å². The zero-order valence-corrected chi connectivity index (χ0v) is 14.0. The second-order valence-electron chi connectivity index (χ2n) is 4.29. The van der Waals surface area contributed by atoms with Crippen LogP contribution in [-0.2, 0) is 11.3 Å². The number of nitrogens with one attached hydrogen (secondary N) is 1. The van der Waals surface area contributed by atoms with E-state index in [0.717, 1.165) is 21.6 Å². The maximum Gasteiger partial charge on any atom is 0.137 e. The van der Waals surface area contributed by atoms with Gasteiger partial charge in [-0.25, -0.2) is 9.37 Å². The van der Waals surface area contributed by atoms with Gasteiger partial charge in [0.1, 0.15) is 10.8 Å². The molecule has 0 saturated heterocycles. The van der Waals surface area contributed by atoms with E-state index in [4.69, 9.17) is 4.74 Å². The number of nitrogens with zero attached hydrogens (tertiary/aromatic N) is 1. The molecule has 2 rings (SSSR count). The van der Waals surface area contributed by atoms with E-state index in [2.05, 4.69) is 26.2 Å². The Kier molecular flexibility index (Phi) is 6.63.